The summed E-state index contributed by atoms with van der Waals surface area (Å²) in [6.07, 6.45) is -0.232. The Morgan fingerprint density at radius 2 is 1.88 bits per heavy atom. The molecule has 0 aromatic carbocycles. The molecule has 6 nitrogen and oxygen atoms in total. The van der Waals surface area contributed by atoms with Crippen molar-refractivity contribution >= 4 is 33.7 Å². The van der Waals surface area contributed by atoms with Gasteiger partial charge in [0.1, 0.15) is 10.6 Å². The second-order valence-electron chi connectivity index (χ2n) is 7.20. The number of aromatic nitrogens is 2. The summed E-state index contributed by atoms with van der Waals surface area (Å²) >= 11 is 1.49. The van der Waals surface area contributed by atoms with Crippen LogP contribution in [0.1, 0.15) is 32.0 Å². The molecule has 1 amide bonds. The van der Waals surface area contributed by atoms with Crippen molar-refractivity contribution in [2.45, 2.75) is 40.2 Å². The fraction of sp³-hybridized carbons (Fsp3) is 0.588. The van der Waals surface area contributed by atoms with Crippen molar-refractivity contribution in [2.24, 2.45) is 0 Å². The van der Waals surface area contributed by atoms with Crippen LogP contribution in [-0.4, -0.2) is 52.1 Å². The van der Waals surface area contributed by atoms with Crippen LogP contribution in [0.5, 0.6) is 0 Å². The predicted molar refractivity (Wildman–Crippen MR) is 96.9 cm³/mol. The third-order valence-electron chi connectivity index (χ3n) is 4.11. The van der Waals surface area contributed by atoms with Crippen molar-refractivity contribution in [3.63, 3.8) is 0 Å². The van der Waals surface area contributed by atoms with Crippen LogP contribution in [-0.2, 0) is 4.74 Å². The molecule has 1 aliphatic heterocycles. The zero-order valence-electron chi connectivity index (χ0n) is 14.9. The summed E-state index contributed by atoms with van der Waals surface area (Å²) in [6, 6.07) is 2.16. The fourth-order valence-corrected chi connectivity index (χ4v) is 3.56. The number of fused-ring (bicyclic) bond motifs is 1. The van der Waals surface area contributed by atoms with E-state index in [2.05, 4.69) is 27.2 Å². The minimum absolute atomic E-state index is 0.232. The first-order valence-corrected chi connectivity index (χ1v) is 8.98. The lowest BCUT2D eigenvalue weighted by Gasteiger charge is -2.36. The van der Waals surface area contributed by atoms with Gasteiger partial charge in [-0.15, -0.1) is 0 Å². The van der Waals surface area contributed by atoms with E-state index in [9.17, 15) is 4.79 Å². The van der Waals surface area contributed by atoms with Crippen molar-refractivity contribution < 1.29 is 9.53 Å². The van der Waals surface area contributed by atoms with Gasteiger partial charge in [-0.3, -0.25) is 0 Å². The summed E-state index contributed by atoms with van der Waals surface area (Å²) < 4.78 is 9.93. The first-order valence-electron chi connectivity index (χ1n) is 8.21. The van der Waals surface area contributed by atoms with Crippen molar-refractivity contribution in [3.8, 4) is 0 Å². The van der Waals surface area contributed by atoms with Crippen molar-refractivity contribution in [3.05, 3.63) is 17.3 Å². The molecular formula is C17H24N4O2S. The molecule has 2 aromatic rings. The van der Waals surface area contributed by atoms with Gasteiger partial charge in [0.2, 0.25) is 0 Å². The quantitative estimate of drug-likeness (QED) is 0.791. The van der Waals surface area contributed by atoms with Crippen molar-refractivity contribution in [1.29, 1.82) is 0 Å². The zero-order chi connectivity index (χ0) is 17.5. The van der Waals surface area contributed by atoms with Gasteiger partial charge in [-0.05, 0) is 57.8 Å². The van der Waals surface area contributed by atoms with Gasteiger partial charge in [0.05, 0.1) is 5.39 Å². The molecule has 1 fully saturated rings. The summed E-state index contributed by atoms with van der Waals surface area (Å²) in [4.78, 5) is 20.8. The monoisotopic (exact) mass is 348 g/mol. The number of hydrogen-bond donors (Lipinski definition) is 0. The number of carbonyl (C=O) groups is 1. The van der Waals surface area contributed by atoms with Crippen molar-refractivity contribution in [2.75, 3.05) is 31.1 Å². The summed E-state index contributed by atoms with van der Waals surface area (Å²) in [5.41, 5.74) is 2.56. The van der Waals surface area contributed by atoms with Crippen LogP contribution in [0.15, 0.2) is 6.07 Å². The zero-order valence-corrected chi connectivity index (χ0v) is 15.7. The number of anilines is 1. The van der Waals surface area contributed by atoms with Gasteiger partial charge in [0.25, 0.3) is 0 Å². The minimum atomic E-state index is -0.455. The van der Waals surface area contributed by atoms with Gasteiger partial charge in [-0.25, -0.2) is 9.78 Å². The topological polar surface area (TPSA) is 58.6 Å². The Morgan fingerprint density at radius 1 is 1.21 bits per heavy atom. The predicted octanol–water partition coefficient (Wildman–Crippen LogP) is 3.37. The molecule has 130 valence electrons. The molecule has 0 radical (unpaired) electrons. The summed E-state index contributed by atoms with van der Waals surface area (Å²) in [7, 11) is 0. The Kier molecular flexibility index (Phi) is 4.38. The molecule has 1 saturated heterocycles. The Bertz CT molecular complexity index is 758. The third-order valence-corrected chi connectivity index (χ3v) is 5.03. The van der Waals surface area contributed by atoms with Crippen LogP contribution in [0.3, 0.4) is 0 Å². The number of carbonyl (C=O) groups excluding carboxylic acids is 1. The fourth-order valence-electron chi connectivity index (χ4n) is 2.70. The number of rotatable bonds is 1. The van der Waals surface area contributed by atoms with Gasteiger partial charge < -0.3 is 14.5 Å². The van der Waals surface area contributed by atoms with Gasteiger partial charge in [0.15, 0.2) is 5.65 Å². The molecule has 0 spiro atoms. The maximum atomic E-state index is 12.2. The van der Waals surface area contributed by atoms with Crippen molar-refractivity contribution in [1.82, 2.24) is 14.3 Å². The van der Waals surface area contributed by atoms with E-state index in [0.29, 0.717) is 13.1 Å². The highest BCUT2D eigenvalue weighted by atomic mass is 32.1. The van der Waals surface area contributed by atoms with E-state index in [1.165, 1.54) is 17.1 Å². The molecule has 0 bridgehead atoms. The molecule has 3 rings (SSSR count). The second kappa shape index (κ2) is 6.20. The highest BCUT2D eigenvalue weighted by Crippen LogP contribution is 2.32. The molecule has 0 atom stereocenters. The highest BCUT2D eigenvalue weighted by Gasteiger charge is 2.27. The van der Waals surface area contributed by atoms with Crippen LogP contribution in [0, 0.1) is 13.8 Å². The van der Waals surface area contributed by atoms with Gasteiger partial charge in [-0.2, -0.15) is 4.37 Å². The average molecular weight is 348 g/mol. The van der Waals surface area contributed by atoms with Gasteiger partial charge in [0, 0.05) is 31.9 Å². The number of ether oxygens (including phenoxy) is 1. The lowest BCUT2D eigenvalue weighted by molar-refractivity contribution is 0.0241. The number of aryl methyl sites for hydroxylation is 2. The minimum Gasteiger partial charge on any atom is -0.444 e. The molecule has 7 heteroatoms. The SMILES string of the molecule is Cc1cc2c(N3CCN(C(=O)OC(C)(C)C)CC3)snc2nc1C. The third kappa shape index (κ3) is 3.45. The number of amides is 1. The molecule has 1 aliphatic rings. The Labute approximate surface area is 146 Å². The number of piperazine rings is 1. The Morgan fingerprint density at radius 3 is 2.50 bits per heavy atom. The highest BCUT2D eigenvalue weighted by molar-refractivity contribution is 7.11. The van der Waals surface area contributed by atoms with E-state index in [0.717, 1.165) is 34.8 Å². The molecular weight excluding hydrogens is 324 g/mol. The summed E-state index contributed by atoms with van der Waals surface area (Å²) in [6.45, 7) is 12.6. The molecule has 2 aromatic heterocycles. The van der Waals surface area contributed by atoms with Gasteiger partial charge >= 0.3 is 6.09 Å². The van der Waals surface area contributed by atoms with Crippen LogP contribution in [0.2, 0.25) is 0 Å². The maximum Gasteiger partial charge on any atom is 0.410 e. The lowest BCUT2D eigenvalue weighted by atomic mass is 10.2. The average Bonchev–Trinajstić information content (AvgIpc) is 2.89. The normalized spacial score (nSPS) is 15.9. The van der Waals surface area contributed by atoms with E-state index in [1.807, 2.05) is 27.7 Å². The van der Waals surface area contributed by atoms with E-state index >= 15 is 0 Å². The first kappa shape index (κ1) is 17.0. The second-order valence-corrected chi connectivity index (χ2v) is 7.96. The van der Waals surface area contributed by atoms with Crippen LogP contribution >= 0.6 is 11.5 Å². The van der Waals surface area contributed by atoms with E-state index in [4.69, 9.17) is 4.74 Å². The van der Waals surface area contributed by atoms with E-state index in [-0.39, 0.29) is 6.09 Å². The molecule has 3 heterocycles. The largest absolute Gasteiger partial charge is 0.444 e. The Balaban J connectivity index is 1.71. The van der Waals surface area contributed by atoms with E-state index in [1.54, 1.807) is 4.90 Å². The standard InChI is InChI=1S/C17H24N4O2S/c1-11-10-13-14(18-12(11)2)19-24-15(13)20-6-8-21(9-7-20)16(22)23-17(3,4)5/h10H,6-9H2,1-5H3. The maximum absolute atomic E-state index is 12.2. The van der Waals surface area contributed by atoms with Crippen LogP contribution in [0.4, 0.5) is 9.80 Å². The molecule has 0 aliphatic carbocycles. The van der Waals surface area contributed by atoms with E-state index < -0.39 is 5.60 Å². The summed E-state index contributed by atoms with van der Waals surface area (Å²) in [5, 5.41) is 2.25. The number of pyridine rings is 1. The molecule has 0 N–H and O–H groups in total. The van der Waals surface area contributed by atoms with Gasteiger partial charge in [-0.1, -0.05) is 0 Å². The molecule has 0 saturated carbocycles. The van der Waals surface area contributed by atoms with Crippen LogP contribution < -0.4 is 4.90 Å². The number of nitrogens with zero attached hydrogens (tertiary/aromatic N) is 4. The Hall–Kier alpha value is -1.89. The molecule has 24 heavy (non-hydrogen) atoms. The first-order chi connectivity index (χ1) is 11.2. The van der Waals surface area contributed by atoms with Crippen LogP contribution in [0.25, 0.3) is 11.0 Å². The molecule has 0 unspecified atom stereocenters. The lowest BCUT2D eigenvalue weighted by Crippen LogP contribution is -2.50. The smallest absolute Gasteiger partial charge is 0.410 e. The summed E-state index contributed by atoms with van der Waals surface area (Å²) in [5.74, 6) is 0. The number of hydrogen-bond acceptors (Lipinski definition) is 6.